The van der Waals surface area contributed by atoms with E-state index in [1.54, 1.807) is 6.92 Å². The maximum Gasteiger partial charge on any atom is 0.334 e. The lowest BCUT2D eigenvalue weighted by atomic mass is 10.1. The molecule has 0 amide bonds. The molecule has 2 atom stereocenters. The fourth-order valence-electron chi connectivity index (χ4n) is 0.779. The van der Waals surface area contributed by atoms with Crippen LogP contribution in [-0.2, 0) is 19.1 Å². The molecule has 0 aromatic heterocycles. The molecule has 0 fully saturated rings. The van der Waals surface area contributed by atoms with Crippen molar-refractivity contribution < 1.29 is 29.3 Å². The summed E-state index contributed by atoms with van der Waals surface area (Å²) >= 11 is 0. The molecule has 6 nitrogen and oxygen atoms in total. The third kappa shape index (κ3) is 14.8. The van der Waals surface area contributed by atoms with Crippen LogP contribution >= 0.6 is 0 Å². The van der Waals surface area contributed by atoms with Gasteiger partial charge in [0.2, 0.25) is 0 Å². The molecule has 114 valence electrons. The van der Waals surface area contributed by atoms with Crippen molar-refractivity contribution in [1.82, 2.24) is 0 Å². The van der Waals surface area contributed by atoms with E-state index in [1.807, 2.05) is 0 Å². The summed E-state index contributed by atoms with van der Waals surface area (Å²) in [6, 6.07) is 0. The topological polar surface area (TPSA) is 93.1 Å². The average Bonchev–Trinajstić information content (AvgIpc) is 2.29. The van der Waals surface area contributed by atoms with E-state index in [-0.39, 0.29) is 0 Å². The molecule has 0 spiro atoms. The lowest BCUT2D eigenvalue weighted by Crippen LogP contribution is -2.20. The third-order valence-electron chi connectivity index (χ3n) is 1.91. The first kappa shape index (κ1) is 20.2. The van der Waals surface area contributed by atoms with Crippen molar-refractivity contribution >= 4 is 11.9 Å². The van der Waals surface area contributed by atoms with E-state index < -0.39 is 24.1 Å². The van der Waals surface area contributed by atoms with Gasteiger partial charge >= 0.3 is 11.9 Å². The Bertz CT molecular complexity index is 248. The predicted molar refractivity (Wildman–Crippen MR) is 70.4 cm³/mol. The summed E-state index contributed by atoms with van der Waals surface area (Å²) in [5.41, 5.74) is 0. The molecule has 0 radical (unpaired) electrons. The number of hydrogen-bond donors (Lipinski definition) is 2. The van der Waals surface area contributed by atoms with E-state index in [9.17, 15) is 9.59 Å². The zero-order valence-electron chi connectivity index (χ0n) is 12.4. The maximum absolute atomic E-state index is 10.7. The van der Waals surface area contributed by atoms with Gasteiger partial charge < -0.3 is 19.7 Å². The lowest BCUT2D eigenvalue weighted by Gasteiger charge is -2.07. The number of aliphatic hydroxyl groups excluding tert-OH is 2. The van der Waals surface area contributed by atoms with Gasteiger partial charge in [0.05, 0.1) is 13.2 Å². The van der Waals surface area contributed by atoms with Crippen molar-refractivity contribution in [2.45, 2.75) is 53.2 Å². The van der Waals surface area contributed by atoms with E-state index in [1.165, 1.54) is 13.8 Å². The number of ether oxygens (including phenoxy) is 2. The number of esters is 2. The highest BCUT2D eigenvalue weighted by atomic mass is 16.5. The molecule has 19 heavy (non-hydrogen) atoms. The SMILES string of the molecule is CC(C)CCOC(=O)C(C)O.CCOC(=O)C(C)O. The Balaban J connectivity index is 0. The molecule has 0 aromatic rings. The molecule has 0 aliphatic rings. The molecule has 0 aliphatic heterocycles. The second-order valence-electron chi connectivity index (χ2n) is 4.45. The fraction of sp³-hybridized carbons (Fsp3) is 0.846. The quantitative estimate of drug-likeness (QED) is 0.701. The van der Waals surface area contributed by atoms with Gasteiger partial charge in [-0.25, -0.2) is 9.59 Å². The van der Waals surface area contributed by atoms with Gasteiger partial charge in [-0.1, -0.05) is 13.8 Å². The molecule has 0 aromatic carbocycles. The molecular weight excluding hydrogens is 252 g/mol. The summed E-state index contributed by atoms with van der Waals surface area (Å²) in [7, 11) is 0. The monoisotopic (exact) mass is 278 g/mol. The van der Waals surface area contributed by atoms with E-state index >= 15 is 0 Å². The number of carbonyl (C=O) groups excluding carboxylic acids is 2. The van der Waals surface area contributed by atoms with Gasteiger partial charge in [-0.15, -0.1) is 0 Å². The highest BCUT2D eigenvalue weighted by molar-refractivity contribution is 5.74. The number of rotatable bonds is 6. The summed E-state index contributed by atoms with van der Waals surface area (Å²) in [5, 5.41) is 17.2. The van der Waals surface area contributed by atoms with Gasteiger partial charge in [0.1, 0.15) is 12.2 Å². The molecule has 6 heteroatoms. The molecule has 0 saturated carbocycles. The Kier molecular flexibility index (Phi) is 12.7. The first-order chi connectivity index (χ1) is 8.72. The van der Waals surface area contributed by atoms with E-state index in [2.05, 4.69) is 18.6 Å². The average molecular weight is 278 g/mol. The van der Waals surface area contributed by atoms with Crippen LogP contribution in [0, 0.1) is 5.92 Å². The molecule has 2 N–H and O–H groups in total. The highest BCUT2D eigenvalue weighted by Gasteiger charge is 2.09. The van der Waals surface area contributed by atoms with E-state index in [0.29, 0.717) is 19.1 Å². The number of hydrogen-bond acceptors (Lipinski definition) is 6. The van der Waals surface area contributed by atoms with Crippen LogP contribution in [-0.4, -0.2) is 47.6 Å². The van der Waals surface area contributed by atoms with Crippen molar-refractivity contribution in [3.8, 4) is 0 Å². The molecule has 0 bridgehead atoms. The zero-order chi connectivity index (χ0) is 15.4. The summed E-state index contributed by atoms with van der Waals surface area (Å²) in [6.45, 7) is 9.30. The minimum Gasteiger partial charge on any atom is -0.464 e. The molecule has 0 saturated heterocycles. The van der Waals surface area contributed by atoms with Crippen LogP contribution < -0.4 is 0 Å². The van der Waals surface area contributed by atoms with Crippen LogP contribution in [0.5, 0.6) is 0 Å². The summed E-state index contributed by atoms with van der Waals surface area (Å²) in [4.78, 5) is 20.9. The summed E-state index contributed by atoms with van der Waals surface area (Å²) < 4.78 is 9.14. The molecule has 0 rings (SSSR count). The van der Waals surface area contributed by atoms with Crippen LogP contribution in [0.25, 0.3) is 0 Å². The van der Waals surface area contributed by atoms with Crippen LogP contribution in [0.4, 0.5) is 0 Å². The standard InChI is InChI=1S/C8H16O3.C5H10O3/c1-6(2)4-5-11-8(10)7(3)9;1-3-8-5(7)4(2)6/h6-7,9H,4-5H2,1-3H3;4,6H,3H2,1-2H3. The minimum absolute atomic E-state index is 0.323. The van der Waals surface area contributed by atoms with Crippen molar-refractivity contribution in [1.29, 1.82) is 0 Å². The fourth-order valence-corrected chi connectivity index (χ4v) is 0.779. The Morgan fingerprint density at radius 1 is 0.947 bits per heavy atom. The van der Waals surface area contributed by atoms with Crippen LogP contribution in [0.3, 0.4) is 0 Å². The Morgan fingerprint density at radius 3 is 1.63 bits per heavy atom. The van der Waals surface area contributed by atoms with Crippen LogP contribution in [0.2, 0.25) is 0 Å². The first-order valence-electron chi connectivity index (χ1n) is 6.41. The molecule has 0 aliphatic carbocycles. The van der Waals surface area contributed by atoms with Gasteiger partial charge in [-0.2, -0.15) is 0 Å². The summed E-state index contributed by atoms with van der Waals surface area (Å²) in [6.07, 6.45) is -1.14. The second-order valence-corrected chi connectivity index (χ2v) is 4.45. The largest absolute Gasteiger partial charge is 0.464 e. The highest BCUT2D eigenvalue weighted by Crippen LogP contribution is 1.99. The maximum atomic E-state index is 10.7. The van der Waals surface area contributed by atoms with Gasteiger partial charge in [0.25, 0.3) is 0 Å². The predicted octanol–water partition coefficient (Wildman–Crippen LogP) is 0.887. The molecule has 2 unspecified atom stereocenters. The third-order valence-corrected chi connectivity index (χ3v) is 1.91. The lowest BCUT2D eigenvalue weighted by molar-refractivity contribution is -0.153. The Morgan fingerprint density at radius 2 is 1.37 bits per heavy atom. The van der Waals surface area contributed by atoms with E-state index in [4.69, 9.17) is 14.9 Å². The van der Waals surface area contributed by atoms with Gasteiger partial charge in [-0.3, -0.25) is 0 Å². The number of carbonyl (C=O) groups is 2. The summed E-state index contributed by atoms with van der Waals surface area (Å²) in [5.74, 6) is -0.574. The molecular formula is C13H26O6. The van der Waals surface area contributed by atoms with Crippen molar-refractivity contribution in [2.24, 2.45) is 5.92 Å². The molecule has 0 heterocycles. The van der Waals surface area contributed by atoms with Crippen LogP contribution in [0.1, 0.15) is 41.0 Å². The number of aliphatic hydroxyl groups is 2. The van der Waals surface area contributed by atoms with Crippen molar-refractivity contribution in [3.05, 3.63) is 0 Å². The zero-order valence-corrected chi connectivity index (χ0v) is 12.4. The van der Waals surface area contributed by atoms with E-state index in [0.717, 1.165) is 6.42 Å². The van der Waals surface area contributed by atoms with Gasteiger partial charge in [0, 0.05) is 0 Å². The van der Waals surface area contributed by atoms with Crippen molar-refractivity contribution in [2.75, 3.05) is 13.2 Å². The van der Waals surface area contributed by atoms with Gasteiger partial charge in [0.15, 0.2) is 0 Å². The Labute approximate surface area is 114 Å². The normalized spacial score (nSPS) is 13.1. The first-order valence-corrected chi connectivity index (χ1v) is 6.41. The van der Waals surface area contributed by atoms with Crippen LogP contribution in [0.15, 0.2) is 0 Å². The smallest absolute Gasteiger partial charge is 0.334 e. The van der Waals surface area contributed by atoms with Gasteiger partial charge in [-0.05, 0) is 33.1 Å². The minimum atomic E-state index is -0.998. The second kappa shape index (κ2) is 11.9. The Hall–Kier alpha value is -1.14. The van der Waals surface area contributed by atoms with Crippen molar-refractivity contribution in [3.63, 3.8) is 0 Å².